The van der Waals surface area contributed by atoms with Gasteiger partial charge in [0.2, 0.25) is 0 Å². The molecule has 0 aliphatic rings. The van der Waals surface area contributed by atoms with Crippen LogP contribution in [0.2, 0.25) is 0 Å². The second-order valence-corrected chi connectivity index (χ2v) is 4.06. The van der Waals surface area contributed by atoms with Crippen molar-refractivity contribution in [2.75, 3.05) is 7.05 Å². The molecule has 4 heteroatoms. The Balaban J connectivity index is 2.60. The molecule has 0 aliphatic heterocycles. The number of nitrogens with one attached hydrogen (secondary N) is 2. The summed E-state index contributed by atoms with van der Waals surface area (Å²) < 4.78 is 0. The minimum absolute atomic E-state index is 0.114. The van der Waals surface area contributed by atoms with Gasteiger partial charge in [-0.15, -0.1) is 11.3 Å². The van der Waals surface area contributed by atoms with E-state index in [0.29, 0.717) is 0 Å². The summed E-state index contributed by atoms with van der Waals surface area (Å²) in [6.07, 6.45) is 2.04. The minimum Gasteiger partial charge on any atom is -0.341 e. The van der Waals surface area contributed by atoms with E-state index in [1.54, 1.807) is 18.4 Å². The molecule has 0 radical (unpaired) electrons. The van der Waals surface area contributed by atoms with Crippen molar-refractivity contribution >= 4 is 17.4 Å². The second kappa shape index (κ2) is 5.65. The maximum Gasteiger partial charge on any atom is 0.315 e. The highest BCUT2D eigenvalue weighted by molar-refractivity contribution is 7.10. The molecule has 1 heterocycles. The van der Waals surface area contributed by atoms with Crippen LogP contribution in [-0.2, 0) is 0 Å². The van der Waals surface area contributed by atoms with E-state index in [0.717, 1.165) is 12.8 Å². The highest BCUT2D eigenvalue weighted by atomic mass is 32.1. The summed E-state index contributed by atoms with van der Waals surface area (Å²) in [7, 11) is 1.63. The van der Waals surface area contributed by atoms with E-state index in [1.165, 1.54) is 4.88 Å². The molecule has 0 bridgehead atoms. The summed E-state index contributed by atoms with van der Waals surface area (Å²) in [5.74, 6) is 0. The molecule has 1 aromatic rings. The Morgan fingerprint density at radius 1 is 1.64 bits per heavy atom. The molecular formula is C10H16N2OS. The maximum atomic E-state index is 11.2. The Morgan fingerprint density at radius 3 is 2.93 bits per heavy atom. The van der Waals surface area contributed by atoms with Crippen LogP contribution in [0.4, 0.5) is 4.79 Å². The molecule has 0 saturated heterocycles. The van der Waals surface area contributed by atoms with Crippen LogP contribution in [0, 0.1) is 0 Å². The molecule has 3 nitrogen and oxygen atoms in total. The number of rotatable bonds is 4. The third-order valence-electron chi connectivity index (χ3n) is 2.00. The average molecular weight is 212 g/mol. The smallest absolute Gasteiger partial charge is 0.315 e. The average Bonchev–Trinajstić information content (AvgIpc) is 2.69. The highest BCUT2D eigenvalue weighted by Gasteiger charge is 2.13. The number of carbonyl (C=O) groups excluding carboxylic acids is 1. The van der Waals surface area contributed by atoms with Crippen LogP contribution >= 0.6 is 11.3 Å². The van der Waals surface area contributed by atoms with Crippen LogP contribution in [0.1, 0.15) is 30.7 Å². The maximum absolute atomic E-state index is 11.2. The van der Waals surface area contributed by atoms with Gasteiger partial charge in [-0.25, -0.2) is 4.79 Å². The topological polar surface area (TPSA) is 41.1 Å². The first-order valence-electron chi connectivity index (χ1n) is 4.79. The van der Waals surface area contributed by atoms with E-state index in [2.05, 4.69) is 23.6 Å². The van der Waals surface area contributed by atoms with Crippen LogP contribution in [0.25, 0.3) is 0 Å². The fourth-order valence-electron chi connectivity index (χ4n) is 1.29. The lowest BCUT2D eigenvalue weighted by Crippen LogP contribution is -2.35. The summed E-state index contributed by atoms with van der Waals surface area (Å²) >= 11 is 1.68. The van der Waals surface area contributed by atoms with Crippen molar-refractivity contribution in [1.29, 1.82) is 0 Å². The Morgan fingerprint density at radius 2 is 2.43 bits per heavy atom. The van der Waals surface area contributed by atoms with Gasteiger partial charge < -0.3 is 10.6 Å². The van der Waals surface area contributed by atoms with E-state index < -0.39 is 0 Å². The monoisotopic (exact) mass is 212 g/mol. The molecule has 1 rings (SSSR count). The van der Waals surface area contributed by atoms with Crippen molar-refractivity contribution in [3.05, 3.63) is 22.4 Å². The summed E-state index contributed by atoms with van der Waals surface area (Å²) in [4.78, 5) is 12.4. The predicted molar refractivity (Wildman–Crippen MR) is 59.6 cm³/mol. The molecule has 0 aromatic carbocycles. The summed E-state index contributed by atoms with van der Waals surface area (Å²) in [6, 6.07) is 4.10. The molecule has 1 atom stereocenters. The van der Waals surface area contributed by atoms with Crippen LogP contribution in [0.5, 0.6) is 0 Å². The van der Waals surface area contributed by atoms with E-state index in [9.17, 15) is 4.79 Å². The Labute approximate surface area is 88.5 Å². The molecule has 1 unspecified atom stereocenters. The molecule has 78 valence electrons. The van der Waals surface area contributed by atoms with E-state index in [-0.39, 0.29) is 12.1 Å². The van der Waals surface area contributed by atoms with Gasteiger partial charge in [-0.05, 0) is 17.9 Å². The zero-order valence-electron chi connectivity index (χ0n) is 8.54. The summed E-state index contributed by atoms with van der Waals surface area (Å²) in [5.41, 5.74) is 0. The molecule has 0 saturated carbocycles. The van der Waals surface area contributed by atoms with Gasteiger partial charge in [0.25, 0.3) is 0 Å². The summed E-state index contributed by atoms with van der Waals surface area (Å²) in [5, 5.41) is 7.53. The quantitative estimate of drug-likeness (QED) is 0.791. The van der Waals surface area contributed by atoms with Crippen molar-refractivity contribution in [3.63, 3.8) is 0 Å². The molecule has 0 spiro atoms. The van der Waals surface area contributed by atoms with E-state index in [1.807, 2.05) is 11.4 Å². The fraction of sp³-hybridized carbons (Fsp3) is 0.500. The third kappa shape index (κ3) is 3.03. The first-order chi connectivity index (χ1) is 6.77. The molecular weight excluding hydrogens is 196 g/mol. The number of hydrogen-bond donors (Lipinski definition) is 2. The van der Waals surface area contributed by atoms with Crippen molar-refractivity contribution < 1.29 is 4.79 Å². The third-order valence-corrected chi connectivity index (χ3v) is 2.98. The van der Waals surface area contributed by atoms with Gasteiger partial charge in [0, 0.05) is 11.9 Å². The van der Waals surface area contributed by atoms with Crippen LogP contribution < -0.4 is 10.6 Å². The first-order valence-corrected chi connectivity index (χ1v) is 5.67. The minimum atomic E-state index is -0.114. The molecule has 0 aliphatic carbocycles. The van der Waals surface area contributed by atoms with Crippen molar-refractivity contribution in [3.8, 4) is 0 Å². The lowest BCUT2D eigenvalue weighted by molar-refractivity contribution is 0.238. The molecule has 1 aromatic heterocycles. The second-order valence-electron chi connectivity index (χ2n) is 3.08. The lowest BCUT2D eigenvalue weighted by atomic mass is 10.1. The van der Waals surface area contributed by atoms with Crippen molar-refractivity contribution in [2.45, 2.75) is 25.8 Å². The van der Waals surface area contributed by atoms with Gasteiger partial charge in [-0.1, -0.05) is 19.4 Å². The van der Waals surface area contributed by atoms with Gasteiger partial charge in [0.15, 0.2) is 0 Å². The predicted octanol–water partition coefficient (Wildman–Crippen LogP) is 2.52. The van der Waals surface area contributed by atoms with E-state index >= 15 is 0 Å². The van der Waals surface area contributed by atoms with Crippen LogP contribution in [0.3, 0.4) is 0 Å². The lowest BCUT2D eigenvalue weighted by Gasteiger charge is -2.16. The van der Waals surface area contributed by atoms with Gasteiger partial charge in [0.1, 0.15) is 0 Å². The van der Waals surface area contributed by atoms with Crippen LogP contribution in [-0.4, -0.2) is 13.1 Å². The fourth-order valence-corrected chi connectivity index (χ4v) is 2.11. The van der Waals surface area contributed by atoms with Gasteiger partial charge >= 0.3 is 6.03 Å². The van der Waals surface area contributed by atoms with Crippen molar-refractivity contribution in [2.24, 2.45) is 0 Å². The number of amides is 2. The molecule has 0 fully saturated rings. The standard InChI is InChI=1S/C10H16N2OS/c1-3-5-8(12-10(13)11-2)9-6-4-7-14-9/h4,6-8H,3,5H2,1-2H3,(H2,11,12,13). The van der Waals surface area contributed by atoms with Gasteiger partial charge in [-0.2, -0.15) is 0 Å². The van der Waals surface area contributed by atoms with E-state index in [4.69, 9.17) is 0 Å². The molecule has 2 N–H and O–H groups in total. The number of hydrogen-bond acceptors (Lipinski definition) is 2. The molecule has 14 heavy (non-hydrogen) atoms. The first kappa shape index (κ1) is 11.0. The zero-order valence-corrected chi connectivity index (χ0v) is 9.36. The van der Waals surface area contributed by atoms with Crippen molar-refractivity contribution in [1.82, 2.24) is 10.6 Å². The zero-order chi connectivity index (χ0) is 10.4. The Kier molecular flexibility index (Phi) is 4.46. The molecule has 2 amide bonds. The number of carbonyl (C=O) groups is 1. The SMILES string of the molecule is CCCC(NC(=O)NC)c1cccs1. The highest BCUT2D eigenvalue weighted by Crippen LogP contribution is 2.22. The van der Waals surface area contributed by atoms with Gasteiger partial charge in [-0.3, -0.25) is 0 Å². The normalized spacial score (nSPS) is 12.1. The van der Waals surface area contributed by atoms with Crippen LogP contribution in [0.15, 0.2) is 17.5 Å². The number of urea groups is 1. The Hall–Kier alpha value is -1.03. The number of thiophene rings is 1. The Bertz CT molecular complexity index is 272. The van der Waals surface area contributed by atoms with Gasteiger partial charge in [0.05, 0.1) is 6.04 Å². The summed E-state index contributed by atoms with van der Waals surface area (Å²) in [6.45, 7) is 2.12. The largest absolute Gasteiger partial charge is 0.341 e.